The Morgan fingerprint density at radius 1 is 1.55 bits per heavy atom. The van der Waals surface area contributed by atoms with Crippen LogP contribution in [-0.4, -0.2) is 32.7 Å². The lowest BCUT2D eigenvalue weighted by Gasteiger charge is -2.16. The van der Waals surface area contributed by atoms with Gasteiger partial charge in [0.2, 0.25) is 10.0 Å². The fourth-order valence-electron chi connectivity index (χ4n) is 1.62. The Bertz CT molecular complexity index is 590. The van der Waals surface area contributed by atoms with Crippen LogP contribution in [0.1, 0.15) is 19.4 Å². The first-order chi connectivity index (χ1) is 9.29. The second-order valence-electron chi connectivity index (χ2n) is 4.16. The Labute approximate surface area is 123 Å². The van der Waals surface area contributed by atoms with E-state index >= 15 is 0 Å². The summed E-state index contributed by atoms with van der Waals surface area (Å²) in [6.07, 6.45) is 0. The SMILES string of the molecule is CCOCC(C)NS(=O)(=O)c1cccc(F)c1C(N)=S. The molecule has 1 aromatic rings. The molecular formula is C12H17FN2O3S2. The van der Waals surface area contributed by atoms with Gasteiger partial charge in [-0.2, -0.15) is 0 Å². The topological polar surface area (TPSA) is 81.4 Å². The van der Waals surface area contributed by atoms with Gasteiger partial charge >= 0.3 is 0 Å². The van der Waals surface area contributed by atoms with E-state index in [9.17, 15) is 12.8 Å². The summed E-state index contributed by atoms with van der Waals surface area (Å²) in [5, 5.41) is 0. The minimum absolute atomic E-state index is 0.216. The predicted octanol–water partition coefficient (Wildman–Crippen LogP) is 1.16. The maximum absolute atomic E-state index is 13.7. The number of hydrogen-bond donors (Lipinski definition) is 2. The van der Waals surface area contributed by atoms with E-state index in [2.05, 4.69) is 4.72 Å². The number of halogens is 1. The van der Waals surface area contributed by atoms with Gasteiger partial charge in [0.05, 0.1) is 17.1 Å². The van der Waals surface area contributed by atoms with Crippen LogP contribution in [-0.2, 0) is 14.8 Å². The molecule has 0 heterocycles. The molecule has 8 heteroatoms. The van der Waals surface area contributed by atoms with Crippen molar-refractivity contribution in [3.63, 3.8) is 0 Å². The van der Waals surface area contributed by atoms with Gasteiger partial charge in [0, 0.05) is 12.6 Å². The molecule has 0 aromatic heterocycles. The molecule has 1 unspecified atom stereocenters. The normalized spacial score (nSPS) is 13.2. The second-order valence-corrected chi connectivity index (χ2v) is 6.28. The third-order valence-electron chi connectivity index (χ3n) is 2.44. The van der Waals surface area contributed by atoms with Crippen molar-refractivity contribution in [2.45, 2.75) is 24.8 Å². The molecule has 0 aliphatic carbocycles. The number of ether oxygens (including phenoxy) is 1. The third kappa shape index (κ3) is 4.20. The molecule has 0 bridgehead atoms. The summed E-state index contributed by atoms with van der Waals surface area (Å²) in [4.78, 5) is -0.575. The van der Waals surface area contributed by atoms with Crippen LogP contribution in [0.25, 0.3) is 0 Å². The van der Waals surface area contributed by atoms with Gasteiger partial charge in [0.1, 0.15) is 10.8 Å². The average molecular weight is 320 g/mol. The number of nitrogens with two attached hydrogens (primary N) is 1. The molecule has 1 aromatic carbocycles. The summed E-state index contributed by atoms with van der Waals surface area (Å²) in [6.45, 7) is 4.14. The average Bonchev–Trinajstić information content (AvgIpc) is 2.35. The summed E-state index contributed by atoms with van der Waals surface area (Å²) >= 11 is 4.71. The van der Waals surface area contributed by atoms with Crippen molar-refractivity contribution >= 4 is 27.2 Å². The quantitative estimate of drug-likeness (QED) is 0.737. The summed E-state index contributed by atoms with van der Waals surface area (Å²) in [7, 11) is -3.93. The van der Waals surface area contributed by atoms with E-state index in [0.717, 1.165) is 6.07 Å². The maximum atomic E-state index is 13.7. The van der Waals surface area contributed by atoms with Crippen molar-refractivity contribution in [1.82, 2.24) is 4.72 Å². The molecule has 1 atom stereocenters. The lowest BCUT2D eigenvalue weighted by molar-refractivity contribution is 0.133. The second kappa shape index (κ2) is 7.07. The van der Waals surface area contributed by atoms with E-state index in [4.69, 9.17) is 22.7 Å². The zero-order chi connectivity index (χ0) is 15.3. The number of sulfonamides is 1. The zero-order valence-electron chi connectivity index (χ0n) is 11.2. The number of rotatable bonds is 7. The maximum Gasteiger partial charge on any atom is 0.241 e. The van der Waals surface area contributed by atoms with Gasteiger partial charge in [-0.1, -0.05) is 18.3 Å². The van der Waals surface area contributed by atoms with Crippen molar-refractivity contribution in [2.75, 3.05) is 13.2 Å². The van der Waals surface area contributed by atoms with Gasteiger partial charge < -0.3 is 10.5 Å². The Balaban J connectivity index is 3.10. The molecule has 20 heavy (non-hydrogen) atoms. The highest BCUT2D eigenvalue weighted by atomic mass is 32.2. The summed E-state index contributed by atoms with van der Waals surface area (Å²) in [6, 6.07) is 3.20. The lowest BCUT2D eigenvalue weighted by atomic mass is 10.2. The number of thiocarbonyl (C=S) groups is 1. The highest BCUT2D eigenvalue weighted by Gasteiger charge is 2.24. The standard InChI is InChI=1S/C12H17FN2O3S2/c1-3-18-7-8(2)15-20(16,17)10-6-4-5-9(13)11(10)12(14)19/h4-6,8,15H,3,7H2,1-2H3,(H2,14,19). The fraction of sp³-hybridized carbons (Fsp3) is 0.417. The van der Waals surface area contributed by atoms with Crippen LogP contribution in [0.2, 0.25) is 0 Å². The molecule has 0 aliphatic heterocycles. The van der Waals surface area contributed by atoms with Gasteiger partial charge in [-0.3, -0.25) is 0 Å². The van der Waals surface area contributed by atoms with Crippen molar-refractivity contribution < 1.29 is 17.5 Å². The first kappa shape index (κ1) is 17.0. The molecule has 0 saturated heterocycles. The molecular weight excluding hydrogens is 303 g/mol. The van der Waals surface area contributed by atoms with Crippen LogP contribution >= 0.6 is 12.2 Å². The van der Waals surface area contributed by atoms with Crippen molar-refractivity contribution in [2.24, 2.45) is 5.73 Å². The van der Waals surface area contributed by atoms with Crippen molar-refractivity contribution in [1.29, 1.82) is 0 Å². The zero-order valence-corrected chi connectivity index (χ0v) is 12.9. The fourth-order valence-corrected chi connectivity index (χ4v) is 3.36. The van der Waals surface area contributed by atoms with Crippen molar-refractivity contribution in [3.8, 4) is 0 Å². The Kier molecular flexibility index (Phi) is 6.00. The monoisotopic (exact) mass is 320 g/mol. The van der Waals surface area contributed by atoms with Gasteiger partial charge in [-0.25, -0.2) is 17.5 Å². The van der Waals surface area contributed by atoms with E-state index in [0.29, 0.717) is 6.61 Å². The molecule has 0 spiro atoms. The van der Waals surface area contributed by atoms with Gasteiger partial charge in [-0.05, 0) is 26.0 Å². The van der Waals surface area contributed by atoms with Crippen LogP contribution in [0.15, 0.2) is 23.1 Å². The first-order valence-electron chi connectivity index (χ1n) is 5.98. The van der Waals surface area contributed by atoms with E-state index in [1.54, 1.807) is 13.8 Å². The number of benzene rings is 1. The molecule has 3 N–H and O–H groups in total. The lowest BCUT2D eigenvalue weighted by Crippen LogP contribution is -2.37. The molecule has 0 fully saturated rings. The Morgan fingerprint density at radius 3 is 2.75 bits per heavy atom. The van der Waals surface area contributed by atoms with Crippen LogP contribution < -0.4 is 10.5 Å². The summed E-state index contributed by atoms with van der Waals surface area (Å²) in [5.41, 5.74) is 5.12. The van der Waals surface area contributed by atoms with E-state index in [1.807, 2.05) is 0 Å². The van der Waals surface area contributed by atoms with Gasteiger partial charge in [0.25, 0.3) is 0 Å². The molecule has 112 valence electrons. The third-order valence-corrected chi connectivity index (χ3v) is 4.28. The van der Waals surface area contributed by atoms with E-state index in [-0.39, 0.29) is 22.1 Å². The number of nitrogens with one attached hydrogen (secondary N) is 1. The minimum Gasteiger partial charge on any atom is -0.389 e. The highest BCUT2D eigenvalue weighted by molar-refractivity contribution is 7.89. The summed E-state index contributed by atoms with van der Waals surface area (Å²) in [5.74, 6) is -0.766. The largest absolute Gasteiger partial charge is 0.389 e. The smallest absolute Gasteiger partial charge is 0.241 e. The number of hydrogen-bond acceptors (Lipinski definition) is 4. The van der Waals surface area contributed by atoms with E-state index < -0.39 is 21.9 Å². The highest BCUT2D eigenvalue weighted by Crippen LogP contribution is 2.19. The van der Waals surface area contributed by atoms with Crippen molar-refractivity contribution in [3.05, 3.63) is 29.6 Å². The van der Waals surface area contributed by atoms with Crippen LogP contribution in [0, 0.1) is 5.82 Å². The van der Waals surface area contributed by atoms with Gasteiger partial charge in [0.15, 0.2) is 0 Å². The van der Waals surface area contributed by atoms with Crippen LogP contribution in [0.5, 0.6) is 0 Å². The van der Waals surface area contributed by atoms with Crippen LogP contribution in [0.3, 0.4) is 0 Å². The van der Waals surface area contributed by atoms with E-state index in [1.165, 1.54) is 12.1 Å². The first-order valence-corrected chi connectivity index (χ1v) is 7.87. The molecule has 0 saturated carbocycles. The van der Waals surface area contributed by atoms with Gasteiger partial charge in [-0.15, -0.1) is 0 Å². The predicted molar refractivity (Wildman–Crippen MR) is 78.6 cm³/mol. The minimum atomic E-state index is -3.93. The Morgan fingerprint density at radius 2 is 2.20 bits per heavy atom. The Hall–Kier alpha value is -1.09. The molecule has 1 rings (SSSR count). The summed E-state index contributed by atoms with van der Waals surface area (Å²) < 4.78 is 45.7. The molecule has 5 nitrogen and oxygen atoms in total. The molecule has 0 amide bonds. The molecule has 0 radical (unpaired) electrons. The molecule has 0 aliphatic rings. The van der Waals surface area contributed by atoms with Crippen LogP contribution in [0.4, 0.5) is 4.39 Å².